The Morgan fingerprint density at radius 1 is 0.784 bits per heavy atom. The number of hydrogen-bond donors (Lipinski definition) is 1. The normalized spacial score (nSPS) is 15.5. The van der Waals surface area contributed by atoms with Crippen molar-refractivity contribution in [3.63, 3.8) is 0 Å². The van der Waals surface area contributed by atoms with Gasteiger partial charge in [0.15, 0.2) is 0 Å². The zero-order valence-corrected chi connectivity index (χ0v) is 21.4. The molecule has 2 aliphatic heterocycles. The lowest BCUT2D eigenvalue weighted by atomic mass is 10.1. The third-order valence-corrected chi connectivity index (χ3v) is 7.16. The number of carbonyl (C=O) groups excluding carboxylic acids is 2. The highest BCUT2D eigenvalue weighted by atomic mass is 16.5. The van der Waals surface area contributed by atoms with E-state index in [9.17, 15) is 9.59 Å². The van der Waals surface area contributed by atoms with E-state index in [1.54, 1.807) is 7.11 Å². The van der Waals surface area contributed by atoms with Gasteiger partial charge in [-0.3, -0.25) is 9.59 Å². The van der Waals surface area contributed by atoms with Crippen LogP contribution in [0.5, 0.6) is 5.75 Å². The van der Waals surface area contributed by atoms with Gasteiger partial charge < -0.3 is 24.8 Å². The van der Waals surface area contributed by atoms with Gasteiger partial charge in [0.05, 0.1) is 24.8 Å². The molecule has 5 rings (SSSR count). The van der Waals surface area contributed by atoms with Gasteiger partial charge in [-0.1, -0.05) is 42.5 Å². The number of methoxy groups -OCH3 is 1. The first-order valence-electron chi connectivity index (χ1n) is 13.0. The summed E-state index contributed by atoms with van der Waals surface area (Å²) in [5, 5.41) is 3.00. The van der Waals surface area contributed by atoms with Crippen LogP contribution in [-0.4, -0.2) is 63.1 Å². The number of carbonyl (C=O) groups is 2. The molecule has 2 aliphatic rings. The second-order valence-corrected chi connectivity index (χ2v) is 9.59. The molecule has 0 atom stereocenters. The topological polar surface area (TPSA) is 65.1 Å². The zero-order valence-electron chi connectivity index (χ0n) is 21.4. The molecule has 3 aromatic rings. The van der Waals surface area contributed by atoms with Crippen molar-refractivity contribution in [1.29, 1.82) is 0 Å². The first kappa shape index (κ1) is 24.7. The number of nitrogens with zero attached hydrogens (tertiary/aromatic N) is 3. The van der Waals surface area contributed by atoms with Crippen LogP contribution in [-0.2, 0) is 11.2 Å². The van der Waals surface area contributed by atoms with Gasteiger partial charge in [0, 0.05) is 50.6 Å². The minimum Gasteiger partial charge on any atom is -0.495 e. The number of nitrogens with one attached hydrogen (secondary N) is 1. The van der Waals surface area contributed by atoms with Crippen LogP contribution < -0.4 is 19.9 Å². The van der Waals surface area contributed by atoms with E-state index in [1.807, 2.05) is 71.6 Å². The van der Waals surface area contributed by atoms with E-state index in [1.165, 1.54) is 0 Å². The molecule has 7 heteroatoms. The minimum atomic E-state index is -0.0936. The number of anilines is 3. The molecule has 7 nitrogen and oxygen atoms in total. The Balaban J connectivity index is 1.34. The Bertz CT molecular complexity index is 1230. The van der Waals surface area contributed by atoms with Crippen LogP contribution in [0.4, 0.5) is 17.1 Å². The van der Waals surface area contributed by atoms with Crippen molar-refractivity contribution in [3.05, 3.63) is 83.9 Å². The van der Waals surface area contributed by atoms with E-state index in [0.717, 1.165) is 74.8 Å². The fourth-order valence-electron chi connectivity index (χ4n) is 5.22. The Morgan fingerprint density at radius 3 is 2.14 bits per heavy atom. The quantitative estimate of drug-likeness (QED) is 0.522. The molecular formula is C30H34N4O3. The van der Waals surface area contributed by atoms with Crippen LogP contribution in [0, 0.1) is 0 Å². The maximum Gasteiger partial charge on any atom is 0.256 e. The molecule has 3 aromatic carbocycles. The molecule has 2 heterocycles. The van der Waals surface area contributed by atoms with Crippen molar-refractivity contribution < 1.29 is 14.3 Å². The molecule has 0 saturated carbocycles. The first-order valence-corrected chi connectivity index (χ1v) is 13.0. The summed E-state index contributed by atoms with van der Waals surface area (Å²) in [5.41, 5.74) is 4.29. The van der Waals surface area contributed by atoms with Gasteiger partial charge in [-0.2, -0.15) is 0 Å². The predicted molar refractivity (Wildman–Crippen MR) is 148 cm³/mol. The zero-order chi connectivity index (χ0) is 25.6. The lowest BCUT2D eigenvalue weighted by Gasteiger charge is -2.38. The van der Waals surface area contributed by atoms with Gasteiger partial charge >= 0.3 is 0 Å². The van der Waals surface area contributed by atoms with Crippen LogP contribution in [0.1, 0.15) is 28.8 Å². The van der Waals surface area contributed by atoms with E-state index in [4.69, 9.17) is 4.74 Å². The van der Waals surface area contributed by atoms with Crippen molar-refractivity contribution in [3.8, 4) is 5.75 Å². The van der Waals surface area contributed by atoms with Gasteiger partial charge in [0.2, 0.25) is 5.91 Å². The number of ether oxygens (including phenoxy) is 1. The molecule has 37 heavy (non-hydrogen) atoms. The number of benzene rings is 3. The molecule has 0 aliphatic carbocycles. The summed E-state index contributed by atoms with van der Waals surface area (Å²) in [6.45, 7) is 4.80. The van der Waals surface area contributed by atoms with E-state index < -0.39 is 0 Å². The van der Waals surface area contributed by atoms with Crippen molar-refractivity contribution in [1.82, 2.24) is 4.90 Å². The van der Waals surface area contributed by atoms with E-state index in [0.29, 0.717) is 17.7 Å². The molecule has 2 amide bonds. The molecular weight excluding hydrogens is 464 g/mol. The van der Waals surface area contributed by atoms with E-state index >= 15 is 0 Å². The third-order valence-electron chi connectivity index (χ3n) is 7.16. The summed E-state index contributed by atoms with van der Waals surface area (Å²) in [4.78, 5) is 32.8. The Kier molecular flexibility index (Phi) is 7.59. The van der Waals surface area contributed by atoms with Crippen molar-refractivity contribution in [2.75, 3.05) is 61.5 Å². The van der Waals surface area contributed by atoms with Crippen LogP contribution in [0.2, 0.25) is 0 Å². The van der Waals surface area contributed by atoms with E-state index in [2.05, 4.69) is 21.2 Å². The SMILES string of the molecule is COc1ccccc1N1CCN(c2ccc(NC(=O)Cc3ccccc3)cc2C(=O)N2CCCC2)CC1. The summed E-state index contributed by atoms with van der Waals surface area (Å²) in [5.74, 6) is 0.819. The first-order chi connectivity index (χ1) is 18.1. The minimum absolute atomic E-state index is 0.0406. The predicted octanol–water partition coefficient (Wildman–Crippen LogP) is 4.44. The van der Waals surface area contributed by atoms with Crippen LogP contribution in [0.15, 0.2) is 72.8 Å². The maximum absolute atomic E-state index is 13.6. The van der Waals surface area contributed by atoms with Crippen molar-refractivity contribution in [2.24, 2.45) is 0 Å². The van der Waals surface area contributed by atoms with E-state index in [-0.39, 0.29) is 11.8 Å². The lowest BCUT2D eigenvalue weighted by Crippen LogP contribution is -2.47. The summed E-state index contributed by atoms with van der Waals surface area (Å²) < 4.78 is 5.56. The Hall–Kier alpha value is -4.00. The summed E-state index contributed by atoms with van der Waals surface area (Å²) >= 11 is 0. The molecule has 0 spiro atoms. The van der Waals surface area contributed by atoms with Crippen LogP contribution in [0.25, 0.3) is 0 Å². The summed E-state index contributed by atoms with van der Waals surface area (Å²) in [6.07, 6.45) is 2.36. The number of likely N-dealkylation sites (tertiary alicyclic amines) is 1. The summed E-state index contributed by atoms with van der Waals surface area (Å²) in [7, 11) is 1.70. The molecule has 0 bridgehead atoms. The second kappa shape index (κ2) is 11.4. The Morgan fingerprint density at radius 2 is 1.43 bits per heavy atom. The summed E-state index contributed by atoms with van der Waals surface area (Å²) in [6, 6.07) is 23.5. The highest BCUT2D eigenvalue weighted by Crippen LogP contribution is 2.32. The van der Waals surface area contributed by atoms with Gasteiger partial charge in [0.1, 0.15) is 5.75 Å². The second-order valence-electron chi connectivity index (χ2n) is 9.59. The molecule has 2 saturated heterocycles. The molecule has 0 radical (unpaired) electrons. The fourth-order valence-corrected chi connectivity index (χ4v) is 5.22. The molecule has 0 unspecified atom stereocenters. The molecule has 0 aromatic heterocycles. The maximum atomic E-state index is 13.6. The van der Waals surface area contributed by atoms with Gasteiger partial charge in [-0.15, -0.1) is 0 Å². The van der Waals surface area contributed by atoms with Crippen molar-refractivity contribution in [2.45, 2.75) is 19.3 Å². The monoisotopic (exact) mass is 498 g/mol. The van der Waals surface area contributed by atoms with Gasteiger partial charge in [-0.25, -0.2) is 0 Å². The number of piperazine rings is 1. The largest absolute Gasteiger partial charge is 0.495 e. The molecule has 192 valence electrons. The smallest absolute Gasteiger partial charge is 0.256 e. The van der Waals surface area contributed by atoms with Crippen LogP contribution in [0.3, 0.4) is 0 Å². The highest BCUT2D eigenvalue weighted by Gasteiger charge is 2.27. The lowest BCUT2D eigenvalue weighted by molar-refractivity contribution is -0.115. The standard InChI is InChI=1S/C30H34N4O3/c1-37-28-12-6-5-11-27(28)33-19-17-32(18-20-33)26-14-13-24(22-25(26)30(36)34-15-7-8-16-34)31-29(35)21-23-9-3-2-4-10-23/h2-6,9-14,22H,7-8,15-21H2,1H3,(H,31,35). The molecule has 1 N–H and O–H groups in total. The van der Waals surface area contributed by atoms with Crippen LogP contribution >= 0.6 is 0 Å². The third kappa shape index (κ3) is 5.71. The number of rotatable bonds is 7. The number of para-hydroxylation sites is 2. The van der Waals surface area contributed by atoms with Gasteiger partial charge in [0.25, 0.3) is 5.91 Å². The van der Waals surface area contributed by atoms with Crippen molar-refractivity contribution >= 4 is 28.9 Å². The Labute approximate surface area is 218 Å². The highest BCUT2D eigenvalue weighted by molar-refractivity contribution is 6.02. The average molecular weight is 499 g/mol. The number of hydrogen-bond acceptors (Lipinski definition) is 5. The number of amides is 2. The molecule has 2 fully saturated rings. The average Bonchev–Trinajstić information content (AvgIpc) is 3.48. The fraction of sp³-hybridized carbons (Fsp3) is 0.333. The van der Waals surface area contributed by atoms with Gasteiger partial charge in [-0.05, 0) is 48.7 Å².